The van der Waals surface area contributed by atoms with E-state index in [2.05, 4.69) is 9.93 Å². The Bertz CT molecular complexity index is 171. The van der Waals surface area contributed by atoms with Crippen LogP contribution in [0.25, 0.3) is 0 Å². The topological polar surface area (TPSA) is 44.8 Å². The molecule has 0 aromatic heterocycles. The summed E-state index contributed by atoms with van der Waals surface area (Å²) in [4.78, 5) is 20.4. The van der Waals surface area contributed by atoms with Gasteiger partial charge in [0.25, 0.3) is 0 Å². The van der Waals surface area contributed by atoms with Crippen molar-refractivity contribution in [3.05, 3.63) is 0 Å². The van der Waals surface area contributed by atoms with Crippen molar-refractivity contribution in [2.75, 3.05) is 0 Å². The van der Waals surface area contributed by atoms with Gasteiger partial charge < -0.3 is 0 Å². The monoisotopic (exact) mass is 204 g/mol. The maximum absolute atomic E-state index is 11.2. The van der Waals surface area contributed by atoms with Crippen LogP contribution in [0.15, 0.2) is 0 Å². The third-order valence-electron chi connectivity index (χ3n) is 1.52. The first-order valence-electron chi connectivity index (χ1n) is 4.93. The van der Waals surface area contributed by atoms with Gasteiger partial charge in [-0.2, -0.15) is 4.89 Å². The van der Waals surface area contributed by atoms with Crippen LogP contribution in [0.3, 0.4) is 0 Å². The summed E-state index contributed by atoms with van der Waals surface area (Å²) in [6, 6.07) is 0. The first kappa shape index (κ1) is 13.4. The Morgan fingerprint density at radius 1 is 1.36 bits per heavy atom. The van der Waals surface area contributed by atoms with E-state index in [1.165, 1.54) is 0 Å². The van der Waals surface area contributed by atoms with E-state index in [9.17, 15) is 4.79 Å². The Labute approximate surface area is 85.4 Å². The van der Waals surface area contributed by atoms with Gasteiger partial charge in [0.15, 0.2) is 0 Å². The van der Waals surface area contributed by atoms with Crippen molar-refractivity contribution >= 4 is 5.97 Å². The molecule has 0 spiro atoms. The second-order valence-corrected chi connectivity index (χ2v) is 4.36. The number of hydrogen-bond acceptors (Lipinski definition) is 4. The molecular weight excluding hydrogens is 184 g/mol. The molecule has 14 heavy (non-hydrogen) atoms. The molecule has 1 atom stereocenters. The van der Waals surface area contributed by atoms with Gasteiger partial charge in [0.05, 0.1) is 11.5 Å². The molecule has 0 fully saturated rings. The Hall–Kier alpha value is -0.610. The Morgan fingerprint density at radius 2 is 1.93 bits per heavy atom. The van der Waals surface area contributed by atoms with Gasteiger partial charge in [-0.15, -0.1) is 0 Å². The largest absolute Gasteiger partial charge is 0.348 e. The van der Waals surface area contributed by atoms with Crippen LogP contribution in [0, 0.1) is 5.92 Å². The van der Waals surface area contributed by atoms with E-state index in [1.807, 2.05) is 6.92 Å². The number of carbonyl (C=O) groups is 1. The predicted octanol–water partition coefficient (Wildman–Crippen LogP) is 2.63. The van der Waals surface area contributed by atoms with Crippen LogP contribution in [0.2, 0.25) is 0 Å². The highest BCUT2D eigenvalue weighted by Crippen LogP contribution is 2.10. The van der Waals surface area contributed by atoms with Gasteiger partial charge in [-0.05, 0) is 32.2 Å². The van der Waals surface area contributed by atoms with Crippen LogP contribution >= 0.6 is 0 Å². The first-order chi connectivity index (χ1) is 6.37. The summed E-state index contributed by atoms with van der Waals surface area (Å²) in [7, 11) is 0. The molecule has 0 radical (unpaired) electrons. The molecule has 0 heterocycles. The molecule has 0 rings (SSSR count). The van der Waals surface area contributed by atoms with Crippen molar-refractivity contribution in [1.82, 2.24) is 0 Å². The van der Waals surface area contributed by atoms with Crippen molar-refractivity contribution in [3.63, 3.8) is 0 Å². The Kier molecular flexibility index (Phi) is 5.72. The normalized spacial score (nSPS) is 13.8. The zero-order chi connectivity index (χ0) is 11.2. The van der Waals surface area contributed by atoms with Crippen LogP contribution in [0.1, 0.15) is 47.5 Å². The minimum Gasteiger partial charge on any atom is -0.269 e. The fourth-order valence-electron chi connectivity index (χ4n) is 0.786. The second-order valence-electron chi connectivity index (χ2n) is 4.36. The average Bonchev–Trinajstić information content (AvgIpc) is 2.02. The standard InChI is InChI=1S/C10H20O4/c1-6-7-8(2)9(11)12-14-13-10(3,4)5/h8H,6-7H2,1-5H3. The molecular formula is C10H20O4. The summed E-state index contributed by atoms with van der Waals surface area (Å²) in [5, 5.41) is 4.38. The number of carbonyl (C=O) groups excluding carboxylic acids is 1. The molecule has 0 N–H and O–H groups in total. The lowest BCUT2D eigenvalue weighted by Crippen LogP contribution is -2.22. The molecule has 0 aromatic rings. The van der Waals surface area contributed by atoms with Gasteiger partial charge in [0.2, 0.25) is 0 Å². The minimum absolute atomic E-state index is 0.149. The van der Waals surface area contributed by atoms with Crippen LogP contribution in [-0.4, -0.2) is 11.6 Å². The van der Waals surface area contributed by atoms with E-state index in [4.69, 9.17) is 4.89 Å². The molecule has 1 unspecified atom stereocenters. The van der Waals surface area contributed by atoms with Gasteiger partial charge in [-0.25, -0.2) is 4.79 Å². The van der Waals surface area contributed by atoms with E-state index in [0.29, 0.717) is 0 Å². The maximum Gasteiger partial charge on any atom is 0.348 e. The van der Waals surface area contributed by atoms with E-state index in [0.717, 1.165) is 12.8 Å². The fraction of sp³-hybridized carbons (Fsp3) is 0.900. The first-order valence-corrected chi connectivity index (χ1v) is 4.93. The zero-order valence-electron chi connectivity index (χ0n) is 9.62. The van der Waals surface area contributed by atoms with Crippen molar-refractivity contribution in [1.29, 1.82) is 0 Å². The van der Waals surface area contributed by atoms with Gasteiger partial charge in [-0.3, -0.25) is 4.89 Å². The third-order valence-corrected chi connectivity index (χ3v) is 1.52. The summed E-state index contributed by atoms with van der Waals surface area (Å²) in [6.45, 7) is 9.21. The van der Waals surface area contributed by atoms with Crippen LogP contribution < -0.4 is 0 Å². The molecule has 84 valence electrons. The molecule has 0 aliphatic heterocycles. The molecule has 0 bridgehead atoms. The van der Waals surface area contributed by atoms with E-state index >= 15 is 0 Å². The van der Waals surface area contributed by atoms with Crippen LogP contribution in [0.4, 0.5) is 0 Å². The summed E-state index contributed by atoms with van der Waals surface area (Å²) < 4.78 is 0. The Morgan fingerprint density at radius 3 is 2.36 bits per heavy atom. The van der Waals surface area contributed by atoms with Crippen molar-refractivity contribution in [2.45, 2.75) is 53.1 Å². The second kappa shape index (κ2) is 5.98. The van der Waals surface area contributed by atoms with Gasteiger partial charge in [-0.1, -0.05) is 20.3 Å². The van der Waals surface area contributed by atoms with Crippen molar-refractivity contribution < 1.29 is 19.6 Å². The third kappa shape index (κ3) is 6.86. The lowest BCUT2D eigenvalue weighted by atomic mass is 10.1. The summed E-state index contributed by atoms with van der Waals surface area (Å²) in [5.41, 5.74) is -0.478. The minimum atomic E-state index is -0.478. The zero-order valence-corrected chi connectivity index (χ0v) is 9.62. The Balaban J connectivity index is 3.64. The molecule has 4 nitrogen and oxygen atoms in total. The summed E-state index contributed by atoms with van der Waals surface area (Å²) in [5.74, 6) is -0.542. The van der Waals surface area contributed by atoms with E-state index in [1.54, 1.807) is 27.7 Å². The molecule has 0 saturated heterocycles. The molecule has 4 heteroatoms. The molecule has 0 amide bonds. The summed E-state index contributed by atoms with van der Waals surface area (Å²) >= 11 is 0. The number of hydrogen-bond donors (Lipinski definition) is 0. The summed E-state index contributed by atoms with van der Waals surface area (Å²) in [6.07, 6.45) is 1.73. The highest BCUT2D eigenvalue weighted by atomic mass is 17.5. The highest BCUT2D eigenvalue weighted by molar-refractivity contribution is 5.71. The van der Waals surface area contributed by atoms with Gasteiger partial charge in [0.1, 0.15) is 0 Å². The van der Waals surface area contributed by atoms with Crippen LogP contribution in [-0.2, 0) is 19.6 Å². The lowest BCUT2D eigenvalue weighted by Gasteiger charge is -2.16. The SMILES string of the molecule is CCCC(C)C(=O)OOOC(C)(C)C. The quantitative estimate of drug-likeness (QED) is 0.510. The van der Waals surface area contributed by atoms with Crippen LogP contribution in [0.5, 0.6) is 0 Å². The van der Waals surface area contributed by atoms with E-state index in [-0.39, 0.29) is 5.92 Å². The maximum atomic E-state index is 11.2. The molecule has 0 aliphatic rings. The smallest absolute Gasteiger partial charge is 0.269 e. The van der Waals surface area contributed by atoms with Crippen molar-refractivity contribution in [2.24, 2.45) is 5.92 Å². The lowest BCUT2D eigenvalue weighted by molar-refractivity contribution is -0.515. The number of rotatable bonds is 5. The van der Waals surface area contributed by atoms with E-state index < -0.39 is 11.6 Å². The fourth-order valence-corrected chi connectivity index (χ4v) is 0.786. The molecule has 0 saturated carbocycles. The van der Waals surface area contributed by atoms with Crippen molar-refractivity contribution in [3.8, 4) is 0 Å². The predicted molar refractivity (Wildman–Crippen MR) is 52.1 cm³/mol. The molecule has 0 aromatic carbocycles. The van der Waals surface area contributed by atoms with Gasteiger partial charge >= 0.3 is 5.97 Å². The average molecular weight is 204 g/mol. The highest BCUT2D eigenvalue weighted by Gasteiger charge is 2.17. The molecule has 0 aliphatic carbocycles. The van der Waals surface area contributed by atoms with Gasteiger partial charge in [0, 0.05) is 0 Å².